The van der Waals surface area contributed by atoms with E-state index in [1.165, 1.54) is 6.20 Å². The van der Waals surface area contributed by atoms with Crippen molar-refractivity contribution in [1.82, 2.24) is 15.0 Å². The van der Waals surface area contributed by atoms with Crippen LogP contribution in [0.15, 0.2) is 24.7 Å². The van der Waals surface area contributed by atoms with Gasteiger partial charge in [0.2, 0.25) is 5.91 Å². The number of anilines is 3. The van der Waals surface area contributed by atoms with Crippen LogP contribution in [0.2, 0.25) is 0 Å². The fourth-order valence-corrected chi connectivity index (χ4v) is 2.42. The highest BCUT2D eigenvalue weighted by Crippen LogP contribution is 2.31. The van der Waals surface area contributed by atoms with Crippen LogP contribution in [0.3, 0.4) is 0 Å². The van der Waals surface area contributed by atoms with Crippen molar-refractivity contribution in [2.45, 2.75) is 32.5 Å². The number of carbonyl (C=O) groups is 2. The van der Waals surface area contributed by atoms with E-state index >= 15 is 0 Å². The SMILES string of the molecule is CC(C)CC(Nc1cnc(C(N)=O)c(Nc2cncc(C(F)(F)F)c2)n1)C(N)=O. The van der Waals surface area contributed by atoms with Crippen molar-refractivity contribution in [3.05, 3.63) is 35.9 Å². The molecule has 0 aliphatic heterocycles. The Bertz CT molecular complexity index is 903. The number of nitrogens with one attached hydrogen (secondary N) is 2. The Morgan fingerprint density at radius 3 is 2.41 bits per heavy atom. The van der Waals surface area contributed by atoms with Crippen LogP contribution in [0.25, 0.3) is 0 Å². The second-order valence-corrected chi connectivity index (χ2v) is 6.63. The average Bonchev–Trinajstić information content (AvgIpc) is 2.60. The van der Waals surface area contributed by atoms with Gasteiger partial charge in [0.25, 0.3) is 5.91 Å². The number of alkyl halides is 3. The van der Waals surface area contributed by atoms with Gasteiger partial charge < -0.3 is 22.1 Å². The fourth-order valence-electron chi connectivity index (χ4n) is 2.42. The molecule has 2 rings (SSSR count). The minimum atomic E-state index is -4.60. The van der Waals surface area contributed by atoms with E-state index in [9.17, 15) is 22.8 Å². The summed E-state index contributed by atoms with van der Waals surface area (Å²) < 4.78 is 38.6. The van der Waals surface area contributed by atoms with Crippen LogP contribution >= 0.6 is 0 Å². The van der Waals surface area contributed by atoms with Crippen molar-refractivity contribution in [3.8, 4) is 0 Å². The lowest BCUT2D eigenvalue weighted by molar-refractivity contribution is -0.137. The van der Waals surface area contributed by atoms with E-state index in [1.54, 1.807) is 0 Å². The molecule has 0 radical (unpaired) electrons. The minimum absolute atomic E-state index is 0.0811. The predicted octanol–water partition coefficient (Wildman–Crippen LogP) is 2.04. The Morgan fingerprint density at radius 2 is 1.86 bits per heavy atom. The normalized spacial score (nSPS) is 12.5. The highest BCUT2D eigenvalue weighted by molar-refractivity contribution is 5.96. The van der Waals surface area contributed by atoms with Crippen LogP contribution in [0.5, 0.6) is 0 Å². The molecule has 2 heterocycles. The van der Waals surface area contributed by atoms with E-state index < -0.39 is 29.6 Å². The number of hydrogen-bond donors (Lipinski definition) is 4. The van der Waals surface area contributed by atoms with Gasteiger partial charge in [-0.3, -0.25) is 14.6 Å². The number of aromatic nitrogens is 3. The van der Waals surface area contributed by atoms with Crippen molar-refractivity contribution in [2.24, 2.45) is 17.4 Å². The molecule has 0 bridgehead atoms. The smallest absolute Gasteiger partial charge is 0.368 e. The Labute approximate surface area is 164 Å². The summed E-state index contributed by atoms with van der Waals surface area (Å²) in [6.07, 6.45) is -1.24. The van der Waals surface area contributed by atoms with Crippen molar-refractivity contribution >= 4 is 29.1 Å². The first-order valence-corrected chi connectivity index (χ1v) is 8.49. The Kier molecular flexibility index (Phi) is 6.56. The van der Waals surface area contributed by atoms with Crippen molar-refractivity contribution in [3.63, 3.8) is 0 Å². The van der Waals surface area contributed by atoms with Gasteiger partial charge in [-0.2, -0.15) is 13.2 Å². The van der Waals surface area contributed by atoms with Gasteiger partial charge in [-0.05, 0) is 18.4 Å². The molecule has 0 aliphatic rings. The van der Waals surface area contributed by atoms with Gasteiger partial charge in [0.1, 0.15) is 11.9 Å². The molecule has 2 aromatic rings. The average molecular weight is 411 g/mol. The number of halogens is 3. The minimum Gasteiger partial charge on any atom is -0.368 e. The topological polar surface area (TPSA) is 149 Å². The zero-order chi connectivity index (χ0) is 21.8. The van der Waals surface area contributed by atoms with Gasteiger partial charge in [-0.15, -0.1) is 0 Å². The third-order valence-corrected chi connectivity index (χ3v) is 3.71. The summed E-state index contributed by atoms with van der Waals surface area (Å²) in [6, 6.07) is 0.0386. The third-order valence-electron chi connectivity index (χ3n) is 3.71. The monoisotopic (exact) mass is 411 g/mol. The van der Waals surface area contributed by atoms with E-state index in [4.69, 9.17) is 11.5 Å². The van der Waals surface area contributed by atoms with Crippen LogP contribution < -0.4 is 22.1 Å². The second kappa shape index (κ2) is 8.71. The number of pyridine rings is 1. The van der Waals surface area contributed by atoms with Crippen molar-refractivity contribution < 1.29 is 22.8 Å². The molecule has 1 atom stereocenters. The molecule has 0 aliphatic carbocycles. The van der Waals surface area contributed by atoms with Crippen LogP contribution in [0, 0.1) is 5.92 Å². The zero-order valence-electron chi connectivity index (χ0n) is 15.6. The van der Waals surface area contributed by atoms with Crippen LogP contribution in [-0.2, 0) is 11.0 Å². The number of nitrogens with zero attached hydrogens (tertiary/aromatic N) is 3. The lowest BCUT2D eigenvalue weighted by Gasteiger charge is -2.19. The van der Waals surface area contributed by atoms with Gasteiger partial charge in [0, 0.05) is 6.20 Å². The number of rotatable bonds is 8. The first-order valence-electron chi connectivity index (χ1n) is 8.49. The predicted molar refractivity (Wildman–Crippen MR) is 99.1 cm³/mol. The van der Waals surface area contributed by atoms with Crippen molar-refractivity contribution in [1.29, 1.82) is 0 Å². The Morgan fingerprint density at radius 1 is 1.17 bits per heavy atom. The van der Waals surface area contributed by atoms with Crippen LogP contribution in [0.1, 0.15) is 36.3 Å². The number of hydrogen-bond acceptors (Lipinski definition) is 7. The molecule has 1 unspecified atom stereocenters. The summed E-state index contributed by atoms with van der Waals surface area (Å²) in [6.45, 7) is 3.79. The summed E-state index contributed by atoms with van der Waals surface area (Å²) in [4.78, 5) is 34.8. The first-order chi connectivity index (χ1) is 13.5. The van der Waals surface area contributed by atoms with E-state index in [1.807, 2.05) is 13.8 Å². The maximum absolute atomic E-state index is 12.9. The summed E-state index contributed by atoms with van der Waals surface area (Å²) in [5.74, 6) is -1.53. The fraction of sp³-hybridized carbons (Fsp3) is 0.353. The Balaban J connectivity index is 2.36. The largest absolute Gasteiger partial charge is 0.417 e. The van der Waals surface area contributed by atoms with Crippen LogP contribution in [-0.4, -0.2) is 32.8 Å². The lowest BCUT2D eigenvalue weighted by Crippen LogP contribution is -2.37. The number of amides is 2. The standard InChI is InChI=1S/C17H20F3N7O2/c1-8(2)3-11(14(21)28)26-12-7-24-13(15(22)29)16(27-12)25-10-4-9(5-23-6-10)17(18,19)20/h4-8,11H,3H2,1-2H3,(H2,21,28)(H2,22,29)(H2,25,26,27). The molecule has 9 nitrogen and oxygen atoms in total. The molecule has 0 saturated heterocycles. The first kappa shape index (κ1) is 21.9. The molecule has 29 heavy (non-hydrogen) atoms. The zero-order valence-corrected chi connectivity index (χ0v) is 15.6. The molecule has 0 aromatic carbocycles. The van der Waals surface area contributed by atoms with E-state index in [0.29, 0.717) is 12.6 Å². The summed E-state index contributed by atoms with van der Waals surface area (Å²) in [5.41, 5.74) is 9.27. The van der Waals surface area contributed by atoms with Crippen LogP contribution in [0.4, 0.5) is 30.5 Å². The molecular weight excluding hydrogens is 391 g/mol. The van der Waals surface area contributed by atoms with Gasteiger partial charge >= 0.3 is 6.18 Å². The maximum Gasteiger partial charge on any atom is 0.417 e. The second-order valence-electron chi connectivity index (χ2n) is 6.63. The molecular formula is C17H20F3N7O2. The number of carbonyl (C=O) groups excluding carboxylic acids is 2. The highest BCUT2D eigenvalue weighted by Gasteiger charge is 2.31. The molecule has 0 fully saturated rings. The van der Waals surface area contributed by atoms with E-state index in [2.05, 4.69) is 25.6 Å². The molecule has 2 amide bonds. The molecule has 12 heteroatoms. The molecule has 156 valence electrons. The maximum atomic E-state index is 12.9. The molecule has 0 spiro atoms. The van der Waals surface area contributed by atoms with Gasteiger partial charge in [0.15, 0.2) is 11.5 Å². The molecule has 2 aromatic heterocycles. The highest BCUT2D eigenvalue weighted by atomic mass is 19.4. The third kappa shape index (κ3) is 6.02. The van der Waals surface area contributed by atoms with E-state index in [0.717, 1.165) is 12.3 Å². The summed E-state index contributed by atoms with van der Waals surface area (Å²) in [5, 5.41) is 5.36. The van der Waals surface area contributed by atoms with E-state index in [-0.39, 0.29) is 28.9 Å². The van der Waals surface area contributed by atoms with Gasteiger partial charge in [-0.1, -0.05) is 13.8 Å². The Hall–Kier alpha value is -3.44. The summed E-state index contributed by atoms with van der Waals surface area (Å²) in [7, 11) is 0. The van der Waals surface area contributed by atoms with Gasteiger partial charge in [0.05, 0.1) is 23.6 Å². The lowest BCUT2D eigenvalue weighted by atomic mass is 10.0. The summed E-state index contributed by atoms with van der Waals surface area (Å²) >= 11 is 0. The number of nitrogens with two attached hydrogens (primary N) is 2. The molecule has 6 N–H and O–H groups in total. The molecule has 0 saturated carbocycles. The van der Waals surface area contributed by atoms with Gasteiger partial charge in [-0.25, -0.2) is 9.97 Å². The van der Waals surface area contributed by atoms with Crippen molar-refractivity contribution in [2.75, 3.05) is 10.6 Å². The number of primary amides is 2. The quantitative estimate of drug-likeness (QED) is 0.519.